The lowest BCUT2D eigenvalue weighted by atomic mass is 9.90. The van der Waals surface area contributed by atoms with E-state index in [2.05, 4.69) is 61.5 Å². The molecule has 0 amide bonds. The summed E-state index contributed by atoms with van der Waals surface area (Å²) in [6, 6.07) is 20.0. The highest BCUT2D eigenvalue weighted by molar-refractivity contribution is 5.20. The van der Waals surface area contributed by atoms with Crippen molar-refractivity contribution in [2.24, 2.45) is 5.92 Å². The zero-order valence-electron chi connectivity index (χ0n) is 13.0. The lowest BCUT2D eigenvalue weighted by molar-refractivity contribution is -0.919. The van der Waals surface area contributed by atoms with E-state index in [-0.39, 0.29) is 0 Å². The van der Waals surface area contributed by atoms with Crippen LogP contribution in [0.3, 0.4) is 0 Å². The Kier molecular flexibility index (Phi) is 4.72. The van der Waals surface area contributed by atoms with Crippen LogP contribution in [0.2, 0.25) is 0 Å². The molecule has 1 aliphatic rings. The Morgan fingerprint density at radius 1 is 0.857 bits per heavy atom. The number of hydrogen-bond acceptors (Lipinski definition) is 0. The van der Waals surface area contributed by atoms with Gasteiger partial charge in [0.1, 0.15) is 6.54 Å². The first-order valence-electron chi connectivity index (χ1n) is 8.22. The Morgan fingerprint density at radius 3 is 2.19 bits per heavy atom. The molecule has 0 atom stereocenters. The summed E-state index contributed by atoms with van der Waals surface area (Å²) in [6.07, 6.45) is 4.00. The molecule has 110 valence electrons. The number of aryl methyl sites for hydroxylation is 1. The molecule has 0 bridgehead atoms. The highest BCUT2D eigenvalue weighted by Crippen LogP contribution is 2.16. The fourth-order valence-corrected chi connectivity index (χ4v) is 3.41. The minimum atomic E-state index is 0.883. The van der Waals surface area contributed by atoms with Gasteiger partial charge in [-0.2, -0.15) is 0 Å². The summed E-state index contributed by atoms with van der Waals surface area (Å²) < 4.78 is 0. The van der Waals surface area contributed by atoms with Gasteiger partial charge in [-0.25, -0.2) is 0 Å². The molecule has 0 aliphatic carbocycles. The molecule has 0 unspecified atom stereocenters. The molecule has 0 aromatic heterocycles. The second-order valence-corrected chi connectivity index (χ2v) is 6.55. The van der Waals surface area contributed by atoms with Crippen LogP contribution in [-0.4, -0.2) is 13.1 Å². The molecule has 2 aromatic carbocycles. The van der Waals surface area contributed by atoms with Gasteiger partial charge in [0.25, 0.3) is 0 Å². The molecule has 1 N–H and O–H groups in total. The summed E-state index contributed by atoms with van der Waals surface area (Å²) in [6.45, 7) is 6.00. The lowest BCUT2D eigenvalue weighted by Gasteiger charge is -2.29. The summed E-state index contributed by atoms with van der Waals surface area (Å²) in [5, 5.41) is 0. The molecule has 0 radical (unpaired) electrons. The van der Waals surface area contributed by atoms with E-state index in [1.807, 2.05) is 0 Å². The molecule has 3 rings (SSSR count). The van der Waals surface area contributed by atoms with Crippen LogP contribution in [0.1, 0.15) is 29.5 Å². The minimum Gasteiger partial charge on any atom is -0.331 e. The van der Waals surface area contributed by atoms with Gasteiger partial charge in [-0.1, -0.05) is 60.2 Å². The van der Waals surface area contributed by atoms with Crippen LogP contribution in [0.15, 0.2) is 54.6 Å². The Hall–Kier alpha value is -1.60. The summed E-state index contributed by atoms with van der Waals surface area (Å²) in [7, 11) is 0. The van der Waals surface area contributed by atoms with Gasteiger partial charge < -0.3 is 4.90 Å². The normalized spacial score (nSPS) is 22.1. The molecule has 1 saturated heterocycles. The number of rotatable bonds is 4. The summed E-state index contributed by atoms with van der Waals surface area (Å²) >= 11 is 0. The largest absolute Gasteiger partial charge is 0.331 e. The van der Waals surface area contributed by atoms with Gasteiger partial charge in [-0.15, -0.1) is 0 Å². The monoisotopic (exact) mass is 280 g/mol. The van der Waals surface area contributed by atoms with E-state index in [0.29, 0.717) is 0 Å². The van der Waals surface area contributed by atoms with Gasteiger partial charge >= 0.3 is 0 Å². The predicted molar refractivity (Wildman–Crippen MR) is 88.4 cm³/mol. The number of piperidine rings is 1. The molecule has 0 spiro atoms. The molecule has 1 fully saturated rings. The minimum absolute atomic E-state index is 0.883. The molecular weight excluding hydrogens is 254 g/mol. The van der Waals surface area contributed by atoms with Crippen LogP contribution in [0.4, 0.5) is 0 Å². The van der Waals surface area contributed by atoms with Gasteiger partial charge in [0.15, 0.2) is 0 Å². The molecule has 1 aliphatic heterocycles. The lowest BCUT2D eigenvalue weighted by Crippen LogP contribution is -3.11. The Balaban J connectivity index is 1.47. The Bertz CT molecular complexity index is 536. The van der Waals surface area contributed by atoms with Gasteiger partial charge in [-0.3, -0.25) is 0 Å². The zero-order valence-corrected chi connectivity index (χ0v) is 13.0. The first-order chi connectivity index (χ1) is 10.3. The average Bonchev–Trinajstić information content (AvgIpc) is 2.53. The van der Waals surface area contributed by atoms with Crippen molar-refractivity contribution >= 4 is 0 Å². The standard InChI is InChI=1S/C20H25N/c1-17-7-9-20(10-8-17)16-21-13-11-19(12-14-21)15-18-5-3-2-4-6-18/h2-10,19H,11-16H2,1H3/p+1. The number of benzene rings is 2. The van der Waals surface area contributed by atoms with Crippen molar-refractivity contribution in [3.8, 4) is 0 Å². The molecule has 2 aromatic rings. The van der Waals surface area contributed by atoms with Gasteiger partial charge in [0.05, 0.1) is 13.1 Å². The van der Waals surface area contributed by atoms with Gasteiger partial charge in [0.2, 0.25) is 0 Å². The van der Waals surface area contributed by atoms with Gasteiger partial charge in [0, 0.05) is 5.56 Å². The van der Waals surface area contributed by atoms with Crippen LogP contribution in [0.25, 0.3) is 0 Å². The van der Waals surface area contributed by atoms with Gasteiger partial charge in [-0.05, 0) is 37.7 Å². The van der Waals surface area contributed by atoms with E-state index in [1.165, 1.54) is 55.6 Å². The second-order valence-electron chi connectivity index (χ2n) is 6.55. The van der Waals surface area contributed by atoms with E-state index in [4.69, 9.17) is 0 Å². The maximum absolute atomic E-state index is 2.29. The van der Waals surface area contributed by atoms with Crippen LogP contribution in [0.5, 0.6) is 0 Å². The zero-order chi connectivity index (χ0) is 14.5. The molecule has 1 nitrogen and oxygen atoms in total. The highest BCUT2D eigenvalue weighted by atomic mass is 15.1. The third kappa shape index (κ3) is 4.18. The summed E-state index contributed by atoms with van der Waals surface area (Å²) in [5.74, 6) is 0.883. The third-order valence-corrected chi connectivity index (χ3v) is 4.75. The predicted octanol–water partition coefficient (Wildman–Crippen LogP) is 3.03. The summed E-state index contributed by atoms with van der Waals surface area (Å²) in [5.41, 5.74) is 4.34. The number of hydrogen-bond donors (Lipinski definition) is 1. The van der Waals surface area contributed by atoms with E-state index < -0.39 is 0 Å². The van der Waals surface area contributed by atoms with Crippen LogP contribution in [0, 0.1) is 12.8 Å². The Labute approximate surface area is 128 Å². The maximum Gasteiger partial charge on any atom is 0.103 e. The average molecular weight is 280 g/mol. The van der Waals surface area contributed by atoms with Crippen molar-refractivity contribution in [1.82, 2.24) is 0 Å². The third-order valence-electron chi connectivity index (χ3n) is 4.75. The van der Waals surface area contributed by atoms with E-state index >= 15 is 0 Å². The second kappa shape index (κ2) is 6.91. The number of quaternary nitrogens is 1. The molecule has 1 heteroatoms. The maximum atomic E-state index is 2.29. The highest BCUT2D eigenvalue weighted by Gasteiger charge is 2.22. The first kappa shape index (κ1) is 14.3. The van der Waals surface area contributed by atoms with E-state index in [9.17, 15) is 0 Å². The van der Waals surface area contributed by atoms with Crippen molar-refractivity contribution < 1.29 is 4.90 Å². The van der Waals surface area contributed by atoms with Crippen LogP contribution in [-0.2, 0) is 13.0 Å². The fourth-order valence-electron chi connectivity index (χ4n) is 3.41. The molecular formula is C20H26N+. The van der Waals surface area contributed by atoms with Crippen LogP contribution >= 0.6 is 0 Å². The molecule has 1 heterocycles. The molecule has 21 heavy (non-hydrogen) atoms. The van der Waals surface area contributed by atoms with Crippen molar-refractivity contribution in [3.05, 3.63) is 71.3 Å². The number of nitrogens with one attached hydrogen (secondary N) is 1. The van der Waals surface area contributed by atoms with E-state index in [1.54, 1.807) is 4.90 Å². The fraction of sp³-hybridized carbons (Fsp3) is 0.400. The number of likely N-dealkylation sites (tertiary alicyclic amines) is 1. The van der Waals surface area contributed by atoms with Crippen molar-refractivity contribution in [2.75, 3.05) is 13.1 Å². The van der Waals surface area contributed by atoms with Crippen molar-refractivity contribution in [2.45, 2.75) is 32.7 Å². The first-order valence-corrected chi connectivity index (χ1v) is 8.22. The smallest absolute Gasteiger partial charge is 0.103 e. The van der Waals surface area contributed by atoms with Crippen molar-refractivity contribution in [3.63, 3.8) is 0 Å². The summed E-state index contributed by atoms with van der Waals surface area (Å²) in [4.78, 5) is 1.75. The van der Waals surface area contributed by atoms with Crippen LogP contribution < -0.4 is 4.90 Å². The van der Waals surface area contributed by atoms with E-state index in [0.717, 1.165) is 5.92 Å². The Morgan fingerprint density at radius 2 is 1.52 bits per heavy atom. The van der Waals surface area contributed by atoms with Crippen molar-refractivity contribution in [1.29, 1.82) is 0 Å². The quantitative estimate of drug-likeness (QED) is 0.878. The molecule has 0 saturated carbocycles. The topological polar surface area (TPSA) is 4.44 Å². The SMILES string of the molecule is Cc1ccc(C[NH+]2CCC(Cc3ccccc3)CC2)cc1.